The Bertz CT molecular complexity index is 417. The molecule has 0 aromatic heterocycles. The number of hydrogen-bond donors (Lipinski definition) is 1. The molecule has 1 aromatic carbocycles. The lowest BCUT2D eigenvalue weighted by Crippen LogP contribution is -2.51. The van der Waals surface area contributed by atoms with Gasteiger partial charge in [-0.3, -0.25) is 0 Å². The molecule has 104 valence electrons. The van der Waals surface area contributed by atoms with Crippen LogP contribution >= 0.6 is 0 Å². The van der Waals surface area contributed by atoms with Crippen LogP contribution in [-0.2, 0) is 6.54 Å². The highest BCUT2D eigenvalue weighted by Crippen LogP contribution is 2.22. The van der Waals surface area contributed by atoms with E-state index in [-0.39, 0.29) is 6.03 Å². The first-order valence-electron chi connectivity index (χ1n) is 7.19. The summed E-state index contributed by atoms with van der Waals surface area (Å²) in [7, 11) is 0. The second-order valence-electron chi connectivity index (χ2n) is 5.68. The molecule has 2 unspecified atom stereocenters. The molecular formula is C16H24N2O. The topological polar surface area (TPSA) is 32.3 Å². The monoisotopic (exact) mass is 260 g/mol. The lowest BCUT2D eigenvalue weighted by molar-refractivity contribution is 0.123. The summed E-state index contributed by atoms with van der Waals surface area (Å²) in [4.78, 5) is 14.3. The van der Waals surface area contributed by atoms with Gasteiger partial charge < -0.3 is 10.2 Å². The van der Waals surface area contributed by atoms with Gasteiger partial charge in [-0.1, -0.05) is 29.8 Å². The number of amides is 2. The van der Waals surface area contributed by atoms with Gasteiger partial charge in [0.2, 0.25) is 0 Å². The predicted octanol–water partition coefficient (Wildman–Crippen LogP) is 3.47. The van der Waals surface area contributed by atoms with Gasteiger partial charge in [0.1, 0.15) is 0 Å². The number of nitrogens with zero attached hydrogens (tertiary/aromatic N) is 1. The van der Waals surface area contributed by atoms with Crippen molar-refractivity contribution >= 4 is 6.03 Å². The molecule has 2 amide bonds. The lowest BCUT2D eigenvalue weighted by Gasteiger charge is -2.38. The number of rotatable bonds is 2. The van der Waals surface area contributed by atoms with Gasteiger partial charge in [-0.2, -0.15) is 0 Å². The van der Waals surface area contributed by atoms with Gasteiger partial charge in [0, 0.05) is 18.6 Å². The van der Waals surface area contributed by atoms with E-state index in [1.807, 2.05) is 4.90 Å². The Morgan fingerprint density at radius 2 is 1.79 bits per heavy atom. The third-order valence-corrected chi connectivity index (χ3v) is 3.99. The van der Waals surface area contributed by atoms with Gasteiger partial charge >= 0.3 is 6.03 Å². The van der Waals surface area contributed by atoms with E-state index in [4.69, 9.17) is 0 Å². The number of nitrogens with one attached hydrogen (secondary N) is 1. The predicted molar refractivity (Wildman–Crippen MR) is 78.0 cm³/mol. The molecule has 0 aliphatic carbocycles. The highest BCUT2D eigenvalue weighted by molar-refractivity contribution is 5.75. The van der Waals surface area contributed by atoms with Gasteiger partial charge in [0.15, 0.2) is 0 Å². The van der Waals surface area contributed by atoms with E-state index >= 15 is 0 Å². The summed E-state index contributed by atoms with van der Waals surface area (Å²) >= 11 is 0. The fraction of sp³-hybridized carbons (Fsp3) is 0.562. The molecule has 1 aliphatic rings. The second-order valence-corrected chi connectivity index (χ2v) is 5.68. The standard InChI is InChI=1S/C16H24N2O/c1-12-7-9-15(10-8-12)11-17-16(19)18-13(2)5-4-6-14(18)3/h7-10,13-14H,4-6,11H2,1-3H3,(H,17,19). The van der Waals surface area contributed by atoms with Gasteiger partial charge in [0.25, 0.3) is 0 Å². The summed E-state index contributed by atoms with van der Waals surface area (Å²) in [5, 5.41) is 3.04. The molecule has 2 rings (SSSR count). The summed E-state index contributed by atoms with van der Waals surface area (Å²) < 4.78 is 0. The highest BCUT2D eigenvalue weighted by Gasteiger charge is 2.28. The number of likely N-dealkylation sites (tertiary alicyclic amines) is 1. The molecule has 1 aromatic rings. The number of aryl methyl sites for hydroxylation is 1. The van der Waals surface area contributed by atoms with E-state index in [1.54, 1.807) is 0 Å². The van der Waals surface area contributed by atoms with E-state index in [2.05, 4.69) is 50.4 Å². The zero-order chi connectivity index (χ0) is 13.8. The smallest absolute Gasteiger partial charge is 0.318 e. The Morgan fingerprint density at radius 1 is 1.21 bits per heavy atom. The fourth-order valence-corrected chi connectivity index (χ4v) is 2.80. The van der Waals surface area contributed by atoms with Crippen molar-refractivity contribution in [1.82, 2.24) is 10.2 Å². The molecule has 0 spiro atoms. The Balaban J connectivity index is 1.91. The molecule has 1 N–H and O–H groups in total. The summed E-state index contributed by atoms with van der Waals surface area (Å²) in [5.41, 5.74) is 2.39. The van der Waals surface area contributed by atoms with E-state index in [0.29, 0.717) is 18.6 Å². The van der Waals surface area contributed by atoms with Crippen molar-refractivity contribution in [3.8, 4) is 0 Å². The first-order chi connectivity index (χ1) is 9.08. The maximum Gasteiger partial charge on any atom is 0.318 e. The van der Waals surface area contributed by atoms with E-state index in [1.165, 1.54) is 12.0 Å². The van der Waals surface area contributed by atoms with Crippen molar-refractivity contribution < 1.29 is 4.79 Å². The average Bonchev–Trinajstić information content (AvgIpc) is 2.38. The second kappa shape index (κ2) is 6.09. The molecule has 19 heavy (non-hydrogen) atoms. The molecule has 1 saturated heterocycles. The van der Waals surface area contributed by atoms with E-state index in [0.717, 1.165) is 18.4 Å². The first-order valence-corrected chi connectivity index (χ1v) is 7.19. The molecule has 1 heterocycles. The third kappa shape index (κ3) is 3.49. The molecule has 1 fully saturated rings. The van der Waals surface area contributed by atoms with Crippen LogP contribution in [0.1, 0.15) is 44.2 Å². The van der Waals surface area contributed by atoms with Gasteiger partial charge in [-0.25, -0.2) is 4.79 Å². The molecule has 2 atom stereocenters. The van der Waals surface area contributed by atoms with Crippen molar-refractivity contribution in [2.75, 3.05) is 0 Å². The van der Waals surface area contributed by atoms with Crippen LogP contribution in [0.4, 0.5) is 4.79 Å². The lowest BCUT2D eigenvalue weighted by atomic mass is 9.98. The van der Waals surface area contributed by atoms with Crippen molar-refractivity contribution in [3.63, 3.8) is 0 Å². The first kappa shape index (κ1) is 13.9. The molecule has 0 radical (unpaired) electrons. The number of carbonyl (C=O) groups excluding carboxylic acids is 1. The molecule has 0 saturated carbocycles. The Kier molecular flexibility index (Phi) is 4.46. The number of piperidine rings is 1. The number of carbonyl (C=O) groups is 1. The molecule has 3 heteroatoms. The molecular weight excluding hydrogens is 236 g/mol. The maximum atomic E-state index is 12.3. The molecule has 3 nitrogen and oxygen atoms in total. The van der Waals surface area contributed by atoms with Crippen LogP contribution < -0.4 is 5.32 Å². The van der Waals surface area contributed by atoms with Crippen LogP contribution in [0.15, 0.2) is 24.3 Å². The van der Waals surface area contributed by atoms with Gasteiger partial charge in [-0.05, 0) is 45.6 Å². The Labute approximate surface area is 116 Å². The summed E-state index contributed by atoms with van der Waals surface area (Å²) in [6.45, 7) is 6.96. The number of urea groups is 1. The van der Waals surface area contributed by atoms with Crippen LogP contribution in [0.3, 0.4) is 0 Å². The van der Waals surface area contributed by atoms with Crippen molar-refractivity contribution in [1.29, 1.82) is 0 Å². The largest absolute Gasteiger partial charge is 0.334 e. The summed E-state index contributed by atoms with van der Waals surface area (Å²) in [6, 6.07) is 9.06. The SMILES string of the molecule is Cc1ccc(CNC(=O)N2C(C)CCCC2C)cc1. The minimum Gasteiger partial charge on any atom is -0.334 e. The maximum absolute atomic E-state index is 12.3. The zero-order valence-corrected chi connectivity index (χ0v) is 12.1. The van der Waals surface area contributed by atoms with Gasteiger partial charge in [0.05, 0.1) is 0 Å². The van der Waals surface area contributed by atoms with Crippen LogP contribution in [0.2, 0.25) is 0 Å². The normalized spacial score (nSPS) is 23.2. The Hall–Kier alpha value is -1.51. The quantitative estimate of drug-likeness (QED) is 0.867. The number of hydrogen-bond acceptors (Lipinski definition) is 1. The zero-order valence-electron chi connectivity index (χ0n) is 12.1. The van der Waals surface area contributed by atoms with Crippen LogP contribution in [0, 0.1) is 6.92 Å². The Morgan fingerprint density at radius 3 is 2.37 bits per heavy atom. The highest BCUT2D eigenvalue weighted by atomic mass is 16.2. The van der Waals surface area contributed by atoms with Crippen molar-refractivity contribution in [2.45, 2.75) is 58.7 Å². The van der Waals surface area contributed by atoms with Crippen LogP contribution in [0.5, 0.6) is 0 Å². The molecule has 1 aliphatic heterocycles. The van der Waals surface area contributed by atoms with Crippen LogP contribution in [0.25, 0.3) is 0 Å². The number of benzene rings is 1. The van der Waals surface area contributed by atoms with Crippen molar-refractivity contribution in [3.05, 3.63) is 35.4 Å². The summed E-state index contributed by atoms with van der Waals surface area (Å²) in [6.07, 6.45) is 3.45. The summed E-state index contributed by atoms with van der Waals surface area (Å²) in [5.74, 6) is 0. The molecule has 0 bridgehead atoms. The third-order valence-electron chi connectivity index (χ3n) is 3.99. The minimum absolute atomic E-state index is 0.0697. The fourth-order valence-electron chi connectivity index (χ4n) is 2.80. The van der Waals surface area contributed by atoms with Gasteiger partial charge in [-0.15, -0.1) is 0 Å². The average molecular weight is 260 g/mol. The van der Waals surface area contributed by atoms with Crippen molar-refractivity contribution in [2.24, 2.45) is 0 Å². The van der Waals surface area contributed by atoms with Crippen LogP contribution in [-0.4, -0.2) is 23.0 Å². The van der Waals surface area contributed by atoms with E-state index in [9.17, 15) is 4.79 Å². The van der Waals surface area contributed by atoms with E-state index < -0.39 is 0 Å². The minimum atomic E-state index is 0.0697.